The zero-order valence-electron chi connectivity index (χ0n) is 6.00. The summed E-state index contributed by atoms with van der Waals surface area (Å²) >= 11 is 12.8. The number of aryl methyl sites for hydroxylation is 1. The van der Waals surface area contributed by atoms with E-state index in [1.54, 1.807) is 0 Å². The van der Waals surface area contributed by atoms with Crippen LogP contribution in [-0.4, -0.2) is 0 Å². The molecule has 0 radical (unpaired) electrons. The highest BCUT2D eigenvalue weighted by Crippen LogP contribution is 2.29. The van der Waals surface area contributed by atoms with E-state index in [-0.39, 0.29) is 0 Å². The van der Waals surface area contributed by atoms with Crippen LogP contribution in [-0.2, 0) is 5.33 Å². The Balaban J connectivity index is 3.29. The second kappa shape index (κ2) is 3.92. The highest BCUT2D eigenvalue weighted by Gasteiger charge is 2.05. The van der Waals surface area contributed by atoms with Crippen LogP contribution in [0.25, 0.3) is 0 Å². The molecule has 0 unspecified atom stereocenters. The summed E-state index contributed by atoms with van der Waals surface area (Å²) in [5, 5.41) is 1.59. The third-order valence-electron chi connectivity index (χ3n) is 1.51. The summed E-state index contributed by atoms with van der Waals surface area (Å²) in [6.07, 6.45) is 0. The molecule has 0 heterocycles. The molecule has 0 amide bonds. The average molecular weight is 298 g/mol. The number of hydrogen-bond acceptors (Lipinski definition) is 0. The maximum absolute atomic E-state index is 5.94. The first-order chi connectivity index (χ1) is 5.16. The summed E-state index contributed by atoms with van der Waals surface area (Å²) < 4.78 is 1.10. The van der Waals surface area contributed by atoms with Gasteiger partial charge in [0.15, 0.2) is 0 Å². The zero-order chi connectivity index (χ0) is 8.43. The molecule has 0 aromatic heterocycles. The van der Waals surface area contributed by atoms with Crippen molar-refractivity contribution in [2.45, 2.75) is 12.3 Å². The molecule has 0 aliphatic heterocycles. The van der Waals surface area contributed by atoms with Gasteiger partial charge in [-0.15, -0.1) is 0 Å². The zero-order valence-corrected chi connectivity index (χ0v) is 9.92. The van der Waals surface area contributed by atoms with Crippen LogP contribution in [0.2, 0.25) is 5.02 Å². The quantitative estimate of drug-likeness (QED) is 0.678. The van der Waals surface area contributed by atoms with Crippen molar-refractivity contribution in [1.82, 2.24) is 0 Å². The molecule has 11 heavy (non-hydrogen) atoms. The SMILES string of the molecule is Cc1ccc(Cl)c(CBr)c1Br. The second-order valence-corrected chi connectivity index (χ2v) is 4.05. The van der Waals surface area contributed by atoms with Crippen molar-refractivity contribution in [3.8, 4) is 0 Å². The molecule has 0 aliphatic carbocycles. The number of hydrogen-bond donors (Lipinski definition) is 0. The van der Waals surface area contributed by atoms with Gasteiger partial charge in [-0.05, 0) is 24.1 Å². The Morgan fingerprint density at radius 1 is 1.45 bits per heavy atom. The van der Waals surface area contributed by atoms with Gasteiger partial charge in [0.2, 0.25) is 0 Å². The molecule has 3 heteroatoms. The fourth-order valence-corrected chi connectivity index (χ4v) is 2.78. The third kappa shape index (κ3) is 1.98. The van der Waals surface area contributed by atoms with Gasteiger partial charge < -0.3 is 0 Å². The van der Waals surface area contributed by atoms with E-state index in [4.69, 9.17) is 11.6 Å². The Morgan fingerprint density at radius 3 is 2.55 bits per heavy atom. The van der Waals surface area contributed by atoms with Gasteiger partial charge in [0.05, 0.1) is 0 Å². The van der Waals surface area contributed by atoms with Crippen LogP contribution in [0.5, 0.6) is 0 Å². The maximum atomic E-state index is 5.94. The van der Waals surface area contributed by atoms with Gasteiger partial charge >= 0.3 is 0 Å². The molecule has 0 spiro atoms. The molecule has 0 N–H and O–H groups in total. The lowest BCUT2D eigenvalue weighted by Gasteiger charge is -2.05. The molecular formula is C8H7Br2Cl. The van der Waals surface area contributed by atoms with Crippen molar-refractivity contribution in [1.29, 1.82) is 0 Å². The Morgan fingerprint density at radius 2 is 2.09 bits per heavy atom. The summed E-state index contributed by atoms with van der Waals surface area (Å²) in [6, 6.07) is 3.91. The van der Waals surface area contributed by atoms with Crippen molar-refractivity contribution >= 4 is 43.5 Å². The summed E-state index contributed by atoms with van der Waals surface area (Å²) in [5.74, 6) is 0. The number of benzene rings is 1. The van der Waals surface area contributed by atoms with E-state index in [1.807, 2.05) is 19.1 Å². The molecular weight excluding hydrogens is 291 g/mol. The molecule has 0 fully saturated rings. The Labute approximate surface area is 88.2 Å². The van der Waals surface area contributed by atoms with E-state index in [1.165, 1.54) is 5.56 Å². The average Bonchev–Trinajstić information content (AvgIpc) is 1.99. The minimum Gasteiger partial charge on any atom is -0.0875 e. The first kappa shape index (κ1) is 9.56. The van der Waals surface area contributed by atoms with Crippen LogP contribution in [0.4, 0.5) is 0 Å². The third-order valence-corrected chi connectivity index (χ3v) is 3.53. The first-order valence-electron chi connectivity index (χ1n) is 3.16. The standard InChI is InChI=1S/C8H7Br2Cl/c1-5-2-3-7(11)6(4-9)8(5)10/h2-3H,4H2,1H3. The topological polar surface area (TPSA) is 0 Å². The fourth-order valence-electron chi connectivity index (χ4n) is 0.837. The lowest BCUT2D eigenvalue weighted by Crippen LogP contribution is -1.85. The van der Waals surface area contributed by atoms with Gasteiger partial charge in [-0.2, -0.15) is 0 Å². The van der Waals surface area contributed by atoms with Gasteiger partial charge in [0.25, 0.3) is 0 Å². The van der Waals surface area contributed by atoms with Crippen LogP contribution in [0.3, 0.4) is 0 Å². The Bertz CT molecular complexity index is 271. The molecule has 60 valence electrons. The largest absolute Gasteiger partial charge is 0.0875 e. The van der Waals surface area contributed by atoms with E-state index in [2.05, 4.69) is 31.9 Å². The molecule has 1 aromatic carbocycles. The van der Waals surface area contributed by atoms with Crippen molar-refractivity contribution in [3.05, 3.63) is 32.8 Å². The van der Waals surface area contributed by atoms with Crippen LogP contribution in [0, 0.1) is 6.92 Å². The van der Waals surface area contributed by atoms with Crippen molar-refractivity contribution in [2.24, 2.45) is 0 Å². The fraction of sp³-hybridized carbons (Fsp3) is 0.250. The minimum absolute atomic E-state index is 0.786. The number of alkyl halides is 1. The van der Waals surface area contributed by atoms with Gasteiger partial charge in [-0.1, -0.05) is 49.5 Å². The monoisotopic (exact) mass is 296 g/mol. The first-order valence-corrected chi connectivity index (χ1v) is 5.45. The van der Waals surface area contributed by atoms with Crippen molar-refractivity contribution < 1.29 is 0 Å². The van der Waals surface area contributed by atoms with Crippen LogP contribution in [0.1, 0.15) is 11.1 Å². The molecule has 0 aliphatic rings. The molecule has 0 atom stereocenters. The van der Waals surface area contributed by atoms with Crippen molar-refractivity contribution in [3.63, 3.8) is 0 Å². The van der Waals surface area contributed by atoms with Crippen LogP contribution in [0.15, 0.2) is 16.6 Å². The van der Waals surface area contributed by atoms with E-state index in [0.29, 0.717) is 0 Å². The van der Waals surface area contributed by atoms with Gasteiger partial charge in [0, 0.05) is 14.8 Å². The molecule has 1 aromatic rings. The van der Waals surface area contributed by atoms with Gasteiger partial charge in [-0.3, -0.25) is 0 Å². The van der Waals surface area contributed by atoms with Crippen LogP contribution < -0.4 is 0 Å². The van der Waals surface area contributed by atoms with E-state index in [0.717, 1.165) is 20.4 Å². The predicted molar refractivity (Wildman–Crippen MR) is 56.5 cm³/mol. The Hall–Kier alpha value is 0.470. The Kier molecular flexibility index (Phi) is 3.41. The van der Waals surface area contributed by atoms with E-state index >= 15 is 0 Å². The normalized spacial score (nSPS) is 10.2. The lowest BCUT2D eigenvalue weighted by molar-refractivity contribution is 1.32. The highest BCUT2D eigenvalue weighted by atomic mass is 79.9. The summed E-state index contributed by atoms with van der Waals surface area (Å²) in [7, 11) is 0. The molecule has 0 bridgehead atoms. The van der Waals surface area contributed by atoms with Gasteiger partial charge in [-0.25, -0.2) is 0 Å². The smallest absolute Gasteiger partial charge is 0.0457 e. The maximum Gasteiger partial charge on any atom is 0.0457 e. The number of rotatable bonds is 1. The molecule has 0 nitrogen and oxygen atoms in total. The second-order valence-electron chi connectivity index (χ2n) is 2.29. The molecule has 0 saturated carbocycles. The van der Waals surface area contributed by atoms with Crippen molar-refractivity contribution in [2.75, 3.05) is 0 Å². The molecule has 1 rings (SSSR count). The van der Waals surface area contributed by atoms with E-state index in [9.17, 15) is 0 Å². The summed E-state index contributed by atoms with van der Waals surface area (Å²) in [5.41, 5.74) is 2.33. The number of halogens is 3. The highest BCUT2D eigenvalue weighted by molar-refractivity contribution is 9.10. The summed E-state index contributed by atoms with van der Waals surface area (Å²) in [4.78, 5) is 0. The minimum atomic E-state index is 0.786. The van der Waals surface area contributed by atoms with Gasteiger partial charge in [0.1, 0.15) is 0 Å². The predicted octanol–water partition coefficient (Wildman–Crippen LogP) is 4.31. The lowest BCUT2D eigenvalue weighted by atomic mass is 10.2. The van der Waals surface area contributed by atoms with E-state index < -0.39 is 0 Å². The summed E-state index contributed by atoms with van der Waals surface area (Å²) in [6.45, 7) is 2.05. The molecule has 0 saturated heterocycles. The van der Waals surface area contributed by atoms with Crippen LogP contribution >= 0.6 is 43.5 Å².